The standard InChI is InChI=1S/C13H16O3/c1-8(7-14)4-5-11-6-12(15)9(2)10(3)13(11)16/h4,6,14H,5,7H2,1-3H3/b8-4+. The normalized spacial score (nSPS) is 18.0. The summed E-state index contributed by atoms with van der Waals surface area (Å²) in [5, 5.41) is 8.83. The van der Waals surface area contributed by atoms with Crippen molar-refractivity contribution < 1.29 is 14.7 Å². The summed E-state index contributed by atoms with van der Waals surface area (Å²) in [6, 6.07) is 0. The number of rotatable bonds is 3. The van der Waals surface area contributed by atoms with Crippen molar-refractivity contribution in [3.8, 4) is 0 Å². The van der Waals surface area contributed by atoms with Gasteiger partial charge in [0.2, 0.25) is 0 Å². The van der Waals surface area contributed by atoms with E-state index >= 15 is 0 Å². The zero-order valence-electron chi connectivity index (χ0n) is 9.83. The summed E-state index contributed by atoms with van der Waals surface area (Å²) in [6.45, 7) is 5.09. The minimum absolute atomic E-state index is 0.0245. The predicted octanol–water partition coefficient (Wildman–Crippen LogP) is 1.73. The number of ketones is 2. The summed E-state index contributed by atoms with van der Waals surface area (Å²) in [5.74, 6) is -0.166. The molecule has 0 radical (unpaired) electrons. The number of aliphatic hydroxyl groups is 1. The Bertz CT molecular complexity index is 422. The highest BCUT2D eigenvalue weighted by atomic mass is 16.3. The third-order valence-corrected chi connectivity index (χ3v) is 2.79. The third kappa shape index (κ3) is 2.55. The molecule has 3 heteroatoms. The Kier molecular flexibility index (Phi) is 3.96. The second-order valence-corrected chi connectivity index (χ2v) is 4.03. The summed E-state index contributed by atoms with van der Waals surface area (Å²) >= 11 is 0. The molecule has 1 rings (SSSR count). The molecule has 0 saturated heterocycles. The highest BCUT2D eigenvalue weighted by Crippen LogP contribution is 2.21. The molecule has 0 aromatic heterocycles. The van der Waals surface area contributed by atoms with Gasteiger partial charge in [-0.3, -0.25) is 9.59 Å². The largest absolute Gasteiger partial charge is 0.392 e. The number of allylic oxidation sites excluding steroid dienone is 5. The van der Waals surface area contributed by atoms with Crippen LogP contribution in [0.15, 0.2) is 34.4 Å². The van der Waals surface area contributed by atoms with Gasteiger partial charge in [-0.25, -0.2) is 0 Å². The Morgan fingerprint density at radius 2 is 1.94 bits per heavy atom. The molecule has 0 amide bonds. The van der Waals surface area contributed by atoms with Gasteiger partial charge in [0.1, 0.15) is 0 Å². The van der Waals surface area contributed by atoms with Gasteiger partial charge in [0.25, 0.3) is 0 Å². The maximum Gasteiger partial charge on any atom is 0.185 e. The third-order valence-electron chi connectivity index (χ3n) is 2.79. The molecule has 0 fully saturated rings. The van der Waals surface area contributed by atoms with Crippen LogP contribution in [0.2, 0.25) is 0 Å². The molecule has 1 N–H and O–H groups in total. The first-order valence-corrected chi connectivity index (χ1v) is 5.21. The first-order chi connectivity index (χ1) is 7.47. The van der Waals surface area contributed by atoms with Crippen molar-refractivity contribution in [1.29, 1.82) is 0 Å². The van der Waals surface area contributed by atoms with Gasteiger partial charge in [0.15, 0.2) is 11.6 Å². The fourth-order valence-electron chi connectivity index (χ4n) is 1.43. The van der Waals surface area contributed by atoms with Gasteiger partial charge in [-0.05, 0) is 33.3 Å². The fourth-order valence-corrected chi connectivity index (χ4v) is 1.43. The number of hydrogen-bond donors (Lipinski definition) is 1. The molecule has 1 aliphatic carbocycles. The average molecular weight is 220 g/mol. The summed E-state index contributed by atoms with van der Waals surface area (Å²) in [5.41, 5.74) is 2.35. The average Bonchev–Trinajstić information content (AvgIpc) is 2.28. The molecule has 0 heterocycles. The summed E-state index contributed by atoms with van der Waals surface area (Å²) in [7, 11) is 0. The monoisotopic (exact) mass is 220 g/mol. The van der Waals surface area contributed by atoms with Gasteiger partial charge in [-0.15, -0.1) is 0 Å². The van der Waals surface area contributed by atoms with Gasteiger partial charge in [0.05, 0.1) is 6.61 Å². The molecule has 0 saturated carbocycles. The Hall–Kier alpha value is -1.48. The van der Waals surface area contributed by atoms with Crippen LogP contribution in [0.5, 0.6) is 0 Å². The number of hydrogen-bond acceptors (Lipinski definition) is 3. The van der Waals surface area contributed by atoms with Crippen LogP contribution in [0.3, 0.4) is 0 Å². The van der Waals surface area contributed by atoms with E-state index in [-0.39, 0.29) is 18.2 Å². The Balaban J connectivity index is 2.89. The Labute approximate surface area is 95.2 Å². The van der Waals surface area contributed by atoms with Gasteiger partial charge in [-0.1, -0.05) is 11.6 Å². The SMILES string of the molecule is CC1=C(C)C(=O)C(C/C=C(\C)CO)=CC1=O. The second kappa shape index (κ2) is 5.03. The summed E-state index contributed by atoms with van der Waals surface area (Å²) < 4.78 is 0. The summed E-state index contributed by atoms with van der Waals surface area (Å²) in [6.07, 6.45) is 3.57. The molecule has 1 aliphatic rings. The van der Waals surface area contributed by atoms with E-state index in [1.807, 2.05) is 0 Å². The van der Waals surface area contributed by atoms with Crippen molar-refractivity contribution in [2.75, 3.05) is 6.61 Å². The van der Waals surface area contributed by atoms with Crippen LogP contribution < -0.4 is 0 Å². The zero-order chi connectivity index (χ0) is 12.3. The maximum atomic E-state index is 11.8. The van der Waals surface area contributed by atoms with Gasteiger partial charge >= 0.3 is 0 Å². The molecular formula is C13H16O3. The highest BCUT2D eigenvalue weighted by Gasteiger charge is 2.21. The number of carbonyl (C=O) groups excluding carboxylic acids is 2. The van der Waals surface area contributed by atoms with Crippen LogP contribution in [0.25, 0.3) is 0 Å². The zero-order valence-corrected chi connectivity index (χ0v) is 9.83. The number of carbonyl (C=O) groups is 2. The van der Waals surface area contributed by atoms with Crippen LogP contribution in [0.1, 0.15) is 27.2 Å². The lowest BCUT2D eigenvalue weighted by Crippen LogP contribution is -2.16. The van der Waals surface area contributed by atoms with Crippen molar-refractivity contribution in [3.63, 3.8) is 0 Å². The van der Waals surface area contributed by atoms with Gasteiger partial charge in [0, 0.05) is 16.7 Å². The molecule has 0 aromatic carbocycles. The number of Topliss-reactive ketones (excluding diaryl/α,β-unsaturated/α-hetero) is 1. The lowest BCUT2D eigenvalue weighted by molar-refractivity contribution is -0.115. The smallest absolute Gasteiger partial charge is 0.185 e. The van der Waals surface area contributed by atoms with Crippen LogP contribution in [0, 0.1) is 0 Å². The first kappa shape index (κ1) is 12.6. The fraction of sp³-hybridized carbons (Fsp3) is 0.385. The quantitative estimate of drug-likeness (QED) is 0.582. The molecule has 0 aromatic rings. The van der Waals surface area contributed by atoms with Crippen molar-refractivity contribution in [2.24, 2.45) is 0 Å². The lowest BCUT2D eigenvalue weighted by Gasteiger charge is -2.13. The van der Waals surface area contributed by atoms with E-state index in [1.165, 1.54) is 6.08 Å². The molecule has 0 bridgehead atoms. The van der Waals surface area contributed by atoms with Crippen LogP contribution in [-0.4, -0.2) is 23.3 Å². The highest BCUT2D eigenvalue weighted by molar-refractivity contribution is 6.22. The van der Waals surface area contributed by atoms with E-state index in [1.54, 1.807) is 26.8 Å². The molecular weight excluding hydrogens is 204 g/mol. The number of aliphatic hydroxyl groups excluding tert-OH is 1. The first-order valence-electron chi connectivity index (χ1n) is 5.21. The van der Waals surface area contributed by atoms with Crippen LogP contribution in [0.4, 0.5) is 0 Å². The van der Waals surface area contributed by atoms with Crippen molar-refractivity contribution in [2.45, 2.75) is 27.2 Å². The molecule has 16 heavy (non-hydrogen) atoms. The Morgan fingerprint density at radius 1 is 1.31 bits per heavy atom. The van der Waals surface area contributed by atoms with Crippen molar-refractivity contribution in [3.05, 3.63) is 34.4 Å². The molecule has 0 aliphatic heterocycles. The molecule has 0 unspecified atom stereocenters. The van der Waals surface area contributed by atoms with E-state index < -0.39 is 0 Å². The summed E-state index contributed by atoms with van der Waals surface area (Å²) in [4.78, 5) is 23.3. The predicted molar refractivity (Wildman–Crippen MR) is 61.9 cm³/mol. The van der Waals surface area contributed by atoms with Crippen molar-refractivity contribution in [1.82, 2.24) is 0 Å². The lowest BCUT2D eigenvalue weighted by atomic mass is 9.89. The van der Waals surface area contributed by atoms with E-state index in [0.29, 0.717) is 23.1 Å². The molecule has 0 spiro atoms. The van der Waals surface area contributed by atoms with E-state index in [4.69, 9.17) is 5.11 Å². The minimum Gasteiger partial charge on any atom is -0.392 e. The van der Waals surface area contributed by atoms with Gasteiger partial charge in [-0.2, -0.15) is 0 Å². The topological polar surface area (TPSA) is 54.4 Å². The molecule has 3 nitrogen and oxygen atoms in total. The van der Waals surface area contributed by atoms with Crippen molar-refractivity contribution >= 4 is 11.6 Å². The minimum atomic E-state index is -0.0952. The van der Waals surface area contributed by atoms with Gasteiger partial charge < -0.3 is 5.11 Å². The maximum absolute atomic E-state index is 11.8. The second-order valence-electron chi connectivity index (χ2n) is 4.03. The van der Waals surface area contributed by atoms with Crippen LogP contribution >= 0.6 is 0 Å². The van der Waals surface area contributed by atoms with E-state index in [2.05, 4.69) is 0 Å². The van der Waals surface area contributed by atoms with Crippen LogP contribution in [-0.2, 0) is 9.59 Å². The molecule has 0 atom stereocenters. The van der Waals surface area contributed by atoms with E-state index in [0.717, 1.165) is 5.57 Å². The van der Waals surface area contributed by atoms with E-state index in [9.17, 15) is 9.59 Å². The molecule has 86 valence electrons. The Morgan fingerprint density at radius 3 is 2.50 bits per heavy atom.